The van der Waals surface area contributed by atoms with Crippen LogP contribution >= 0.6 is 0 Å². The molecule has 0 aromatic carbocycles. The molecule has 2 aliphatic heterocycles. The highest BCUT2D eigenvalue weighted by molar-refractivity contribution is 7.86. The van der Waals surface area contributed by atoms with Crippen molar-refractivity contribution in [2.24, 2.45) is 11.8 Å². The third-order valence-electron chi connectivity index (χ3n) is 3.78. The molecule has 2 saturated heterocycles. The number of piperidine rings is 1. The van der Waals surface area contributed by atoms with Gasteiger partial charge in [-0.25, -0.2) is 0 Å². The number of rotatable bonds is 3. The number of aliphatic hydroxyl groups is 1. The summed E-state index contributed by atoms with van der Waals surface area (Å²) in [6.45, 7) is 4.53. The molecule has 0 amide bonds. The zero-order chi connectivity index (χ0) is 12.5. The van der Waals surface area contributed by atoms with E-state index in [0.29, 0.717) is 32.1 Å². The molecule has 2 fully saturated rings. The van der Waals surface area contributed by atoms with Crippen LogP contribution in [0.15, 0.2) is 0 Å². The van der Waals surface area contributed by atoms with Gasteiger partial charge in [0.15, 0.2) is 0 Å². The molecule has 2 atom stereocenters. The minimum absolute atomic E-state index is 0.0857. The van der Waals surface area contributed by atoms with Gasteiger partial charge in [-0.15, -0.1) is 0 Å². The SMILES string of the molecule is CC1CCN(S(=O)(=O)N2CCCC(CO)C2)C1. The summed E-state index contributed by atoms with van der Waals surface area (Å²) >= 11 is 0. The highest BCUT2D eigenvalue weighted by Gasteiger charge is 2.36. The molecule has 2 aliphatic rings. The summed E-state index contributed by atoms with van der Waals surface area (Å²) in [5.74, 6) is 0.571. The van der Waals surface area contributed by atoms with Gasteiger partial charge in [0, 0.05) is 32.8 Å². The van der Waals surface area contributed by atoms with E-state index in [2.05, 4.69) is 6.92 Å². The predicted octanol–water partition coefficient (Wildman–Crippen LogP) is 0.277. The standard InChI is InChI=1S/C11H22N2O3S/c1-10-4-6-13(7-10)17(15,16)12-5-2-3-11(8-12)9-14/h10-11,14H,2-9H2,1H3. The van der Waals surface area contributed by atoms with Crippen molar-refractivity contribution in [3.63, 3.8) is 0 Å². The first-order chi connectivity index (χ1) is 8.04. The molecule has 0 bridgehead atoms. The molecule has 0 aromatic rings. The lowest BCUT2D eigenvalue weighted by Crippen LogP contribution is -2.47. The second kappa shape index (κ2) is 5.22. The molecule has 2 unspecified atom stereocenters. The Bertz CT molecular complexity index is 358. The largest absolute Gasteiger partial charge is 0.396 e. The van der Waals surface area contributed by atoms with Crippen LogP contribution in [0.3, 0.4) is 0 Å². The van der Waals surface area contributed by atoms with Gasteiger partial charge >= 0.3 is 0 Å². The maximum atomic E-state index is 12.4. The molecule has 6 heteroatoms. The molecule has 17 heavy (non-hydrogen) atoms. The summed E-state index contributed by atoms with van der Waals surface area (Å²) in [6, 6.07) is 0. The van der Waals surface area contributed by atoms with Crippen molar-refractivity contribution in [2.75, 3.05) is 32.8 Å². The maximum Gasteiger partial charge on any atom is 0.281 e. The van der Waals surface area contributed by atoms with Crippen molar-refractivity contribution in [1.29, 1.82) is 0 Å². The van der Waals surface area contributed by atoms with Crippen LogP contribution in [0.25, 0.3) is 0 Å². The van der Waals surface area contributed by atoms with Crippen molar-refractivity contribution in [1.82, 2.24) is 8.61 Å². The highest BCUT2D eigenvalue weighted by Crippen LogP contribution is 2.25. The second-order valence-electron chi connectivity index (χ2n) is 5.31. The Balaban J connectivity index is 2.04. The van der Waals surface area contributed by atoms with Crippen molar-refractivity contribution in [3.05, 3.63) is 0 Å². The van der Waals surface area contributed by atoms with Crippen LogP contribution in [-0.4, -0.2) is 54.9 Å². The van der Waals surface area contributed by atoms with Gasteiger partial charge in [0.2, 0.25) is 0 Å². The van der Waals surface area contributed by atoms with Gasteiger partial charge in [-0.3, -0.25) is 0 Å². The Kier molecular flexibility index (Phi) is 4.07. The fourth-order valence-corrected chi connectivity index (χ4v) is 4.52. The molecule has 0 aromatic heterocycles. The summed E-state index contributed by atoms with van der Waals surface area (Å²) in [6.07, 6.45) is 2.74. The summed E-state index contributed by atoms with van der Waals surface area (Å²) in [5, 5.41) is 9.15. The van der Waals surface area contributed by atoms with Crippen molar-refractivity contribution < 1.29 is 13.5 Å². The third kappa shape index (κ3) is 2.81. The smallest absolute Gasteiger partial charge is 0.281 e. The number of hydrogen-bond acceptors (Lipinski definition) is 3. The van der Waals surface area contributed by atoms with E-state index >= 15 is 0 Å². The van der Waals surface area contributed by atoms with E-state index in [4.69, 9.17) is 5.11 Å². The fraction of sp³-hybridized carbons (Fsp3) is 1.00. The lowest BCUT2D eigenvalue weighted by atomic mass is 10.0. The molecule has 100 valence electrons. The maximum absolute atomic E-state index is 12.4. The van der Waals surface area contributed by atoms with Gasteiger partial charge in [0.05, 0.1) is 0 Å². The molecule has 2 heterocycles. The van der Waals surface area contributed by atoms with Crippen molar-refractivity contribution in [2.45, 2.75) is 26.2 Å². The van der Waals surface area contributed by atoms with Crippen LogP contribution in [0.1, 0.15) is 26.2 Å². The van der Waals surface area contributed by atoms with Gasteiger partial charge < -0.3 is 5.11 Å². The molecule has 0 radical (unpaired) electrons. The first-order valence-corrected chi connectivity index (χ1v) is 7.80. The van der Waals surface area contributed by atoms with Crippen LogP contribution in [0.4, 0.5) is 0 Å². The lowest BCUT2D eigenvalue weighted by molar-refractivity contribution is 0.161. The Morgan fingerprint density at radius 1 is 1.18 bits per heavy atom. The normalized spacial score (nSPS) is 33.1. The lowest BCUT2D eigenvalue weighted by Gasteiger charge is -2.33. The predicted molar refractivity (Wildman–Crippen MR) is 65.7 cm³/mol. The third-order valence-corrected chi connectivity index (χ3v) is 5.75. The Hall–Kier alpha value is -0.170. The van der Waals surface area contributed by atoms with Gasteiger partial charge in [0.25, 0.3) is 10.2 Å². The first kappa shape index (κ1) is 13.3. The summed E-state index contributed by atoms with van der Waals surface area (Å²) < 4.78 is 27.9. The quantitative estimate of drug-likeness (QED) is 0.794. The summed E-state index contributed by atoms with van der Waals surface area (Å²) in [4.78, 5) is 0. The van der Waals surface area contributed by atoms with E-state index in [1.807, 2.05) is 0 Å². The van der Waals surface area contributed by atoms with Gasteiger partial charge in [0.1, 0.15) is 0 Å². The highest BCUT2D eigenvalue weighted by atomic mass is 32.2. The zero-order valence-corrected chi connectivity index (χ0v) is 11.2. The molecular formula is C11H22N2O3S. The molecule has 0 spiro atoms. The average molecular weight is 262 g/mol. The monoisotopic (exact) mass is 262 g/mol. The Labute approximate surface area is 104 Å². The van der Waals surface area contributed by atoms with Crippen molar-refractivity contribution >= 4 is 10.2 Å². The van der Waals surface area contributed by atoms with Crippen LogP contribution in [-0.2, 0) is 10.2 Å². The number of aliphatic hydroxyl groups excluding tert-OH is 1. The second-order valence-corrected chi connectivity index (χ2v) is 7.24. The zero-order valence-electron chi connectivity index (χ0n) is 10.4. The molecule has 1 N–H and O–H groups in total. The van der Waals surface area contributed by atoms with Crippen LogP contribution < -0.4 is 0 Å². The number of nitrogens with zero attached hydrogens (tertiary/aromatic N) is 2. The molecule has 2 rings (SSSR count). The van der Waals surface area contributed by atoms with E-state index in [0.717, 1.165) is 19.3 Å². The van der Waals surface area contributed by atoms with Gasteiger partial charge in [-0.05, 0) is 31.1 Å². The van der Waals surface area contributed by atoms with Gasteiger partial charge in [-0.2, -0.15) is 17.0 Å². The van der Waals surface area contributed by atoms with Crippen LogP contribution in [0.2, 0.25) is 0 Å². The van der Waals surface area contributed by atoms with E-state index in [1.165, 1.54) is 0 Å². The van der Waals surface area contributed by atoms with Gasteiger partial charge in [-0.1, -0.05) is 6.92 Å². The van der Waals surface area contributed by atoms with Crippen LogP contribution in [0.5, 0.6) is 0 Å². The average Bonchev–Trinajstić information content (AvgIpc) is 2.76. The Morgan fingerprint density at radius 3 is 2.47 bits per heavy atom. The summed E-state index contributed by atoms with van der Waals surface area (Å²) in [7, 11) is -3.28. The molecular weight excluding hydrogens is 240 g/mol. The van der Waals surface area contributed by atoms with E-state index < -0.39 is 10.2 Å². The van der Waals surface area contributed by atoms with E-state index in [9.17, 15) is 8.42 Å². The summed E-state index contributed by atoms with van der Waals surface area (Å²) in [5.41, 5.74) is 0. The fourth-order valence-electron chi connectivity index (χ4n) is 2.65. The van der Waals surface area contributed by atoms with E-state index in [-0.39, 0.29) is 12.5 Å². The number of hydrogen-bond donors (Lipinski definition) is 1. The molecule has 0 aliphatic carbocycles. The Morgan fingerprint density at radius 2 is 1.88 bits per heavy atom. The molecule has 0 saturated carbocycles. The first-order valence-electron chi connectivity index (χ1n) is 6.40. The molecule has 5 nitrogen and oxygen atoms in total. The topological polar surface area (TPSA) is 60.9 Å². The minimum Gasteiger partial charge on any atom is -0.396 e. The van der Waals surface area contributed by atoms with Crippen LogP contribution in [0, 0.1) is 11.8 Å². The minimum atomic E-state index is -3.28. The van der Waals surface area contributed by atoms with Crippen molar-refractivity contribution in [3.8, 4) is 0 Å². The van der Waals surface area contributed by atoms with E-state index in [1.54, 1.807) is 8.61 Å².